The van der Waals surface area contributed by atoms with E-state index in [0.717, 1.165) is 10.9 Å². The van der Waals surface area contributed by atoms with Crippen LogP contribution in [-0.2, 0) is 0 Å². The molecule has 1 aromatic heterocycles. The minimum absolute atomic E-state index is 0.292. The monoisotopic (exact) mass is 227 g/mol. The first-order valence-electron chi connectivity index (χ1n) is 6.43. The third-order valence-corrected chi connectivity index (χ3v) is 3.83. The van der Waals surface area contributed by atoms with Crippen LogP contribution in [0.25, 0.3) is 10.9 Å². The molecule has 0 spiro atoms. The first kappa shape index (κ1) is 10.6. The fourth-order valence-corrected chi connectivity index (χ4v) is 2.95. The number of phenols is 1. The highest BCUT2D eigenvalue weighted by molar-refractivity contribution is 5.87. The van der Waals surface area contributed by atoms with Crippen molar-refractivity contribution in [3.05, 3.63) is 36.0 Å². The molecule has 0 bridgehead atoms. The Morgan fingerprint density at radius 3 is 2.71 bits per heavy atom. The Hall–Kier alpha value is -1.57. The molecule has 1 aliphatic rings. The van der Waals surface area contributed by atoms with Gasteiger partial charge in [0.2, 0.25) is 0 Å². The molecule has 2 aromatic rings. The zero-order chi connectivity index (χ0) is 11.7. The van der Waals surface area contributed by atoms with E-state index in [0.29, 0.717) is 11.7 Å². The van der Waals surface area contributed by atoms with Crippen molar-refractivity contribution in [3.8, 4) is 5.75 Å². The van der Waals surface area contributed by atoms with Gasteiger partial charge in [0.05, 0.1) is 0 Å². The van der Waals surface area contributed by atoms with Gasteiger partial charge in [-0.25, -0.2) is 0 Å². The molecule has 1 aromatic carbocycles. The van der Waals surface area contributed by atoms with Crippen molar-refractivity contribution in [2.75, 3.05) is 0 Å². The highest BCUT2D eigenvalue weighted by Crippen LogP contribution is 2.37. The Labute approximate surface area is 101 Å². The molecule has 1 N–H and O–H groups in total. The molecule has 1 aliphatic carbocycles. The number of nitrogens with zero attached hydrogens (tertiary/aromatic N) is 1. The smallest absolute Gasteiger partial charge is 0.141 e. The number of benzene rings is 1. The molecule has 0 saturated heterocycles. The zero-order valence-corrected chi connectivity index (χ0v) is 9.89. The van der Waals surface area contributed by atoms with Crippen LogP contribution in [0.2, 0.25) is 0 Å². The van der Waals surface area contributed by atoms with Gasteiger partial charge in [-0.15, -0.1) is 0 Å². The SMILES string of the molecule is Oc1ccc(C2CCCCC2)c2cccnc12. The molecular formula is C15H17NO. The van der Waals surface area contributed by atoms with E-state index in [-0.39, 0.29) is 0 Å². The number of fused-ring (bicyclic) bond motifs is 1. The third-order valence-electron chi connectivity index (χ3n) is 3.83. The van der Waals surface area contributed by atoms with Crippen molar-refractivity contribution in [2.45, 2.75) is 38.0 Å². The summed E-state index contributed by atoms with van der Waals surface area (Å²) in [5.41, 5.74) is 2.11. The van der Waals surface area contributed by atoms with Gasteiger partial charge < -0.3 is 5.11 Å². The van der Waals surface area contributed by atoms with Gasteiger partial charge in [0, 0.05) is 11.6 Å². The quantitative estimate of drug-likeness (QED) is 0.799. The van der Waals surface area contributed by atoms with Crippen LogP contribution in [0.4, 0.5) is 0 Å². The number of aromatic nitrogens is 1. The van der Waals surface area contributed by atoms with Crippen molar-refractivity contribution in [2.24, 2.45) is 0 Å². The first-order valence-corrected chi connectivity index (χ1v) is 6.43. The maximum absolute atomic E-state index is 9.83. The summed E-state index contributed by atoms with van der Waals surface area (Å²) >= 11 is 0. The van der Waals surface area contributed by atoms with Crippen LogP contribution in [0.5, 0.6) is 5.75 Å². The Bertz CT molecular complexity index is 529. The Morgan fingerprint density at radius 1 is 1.06 bits per heavy atom. The third kappa shape index (κ3) is 1.88. The van der Waals surface area contributed by atoms with Gasteiger partial charge in [-0.05, 0) is 36.5 Å². The molecular weight excluding hydrogens is 210 g/mol. The molecule has 1 saturated carbocycles. The highest BCUT2D eigenvalue weighted by atomic mass is 16.3. The van der Waals surface area contributed by atoms with Crippen LogP contribution >= 0.6 is 0 Å². The fourth-order valence-electron chi connectivity index (χ4n) is 2.95. The summed E-state index contributed by atoms with van der Waals surface area (Å²) in [5.74, 6) is 0.941. The number of hydrogen-bond donors (Lipinski definition) is 1. The maximum Gasteiger partial charge on any atom is 0.141 e. The second-order valence-electron chi connectivity index (χ2n) is 4.91. The van der Waals surface area contributed by atoms with Crippen molar-refractivity contribution >= 4 is 10.9 Å². The number of aromatic hydroxyl groups is 1. The average molecular weight is 227 g/mol. The van der Waals surface area contributed by atoms with E-state index in [1.807, 2.05) is 6.07 Å². The number of rotatable bonds is 1. The van der Waals surface area contributed by atoms with E-state index in [1.165, 1.54) is 37.7 Å². The van der Waals surface area contributed by atoms with Gasteiger partial charge >= 0.3 is 0 Å². The van der Waals surface area contributed by atoms with Gasteiger partial charge in [0.25, 0.3) is 0 Å². The van der Waals surface area contributed by atoms with Crippen molar-refractivity contribution in [1.29, 1.82) is 0 Å². The summed E-state index contributed by atoms with van der Waals surface area (Å²) in [7, 11) is 0. The molecule has 0 atom stereocenters. The number of phenolic OH excluding ortho intramolecular Hbond substituents is 1. The van der Waals surface area contributed by atoms with Gasteiger partial charge in [0.15, 0.2) is 0 Å². The van der Waals surface area contributed by atoms with E-state index in [2.05, 4.69) is 17.1 Å². The molecule has 1 heterocycles. The number of pyridine rings is 1. The summed E-state index contributed by atoms with van der Waals surface area (Å²) in [6, 6.07) is 7.90. The second kappa shape index (κ2) is 4.36. The summed E-state index contributed by atoms with van der Waals surface area (Å²) in [4.78, 5) is 4.29. The van der Waals surface area contributed by atoms with Gasteiger partial charge in [-0.3, -0.25) is 4.98 Å². The van der Waals surface area contributed by atoms with Crippen LogP contribution in [-0.4, -0.2) is 10.1 Å². The largest absolute Gasteiger partial charge is 0.506 e. The lowest BCUT2D eigenvalue weighted by Gasteiger charge is -2.23. The lowest BCUT2D eigenvalue weighted by atomic mass is 9.82. The average Bonchev–Trinajstić information content (AvgIpc) is 2.41. The first-order chi connectivity index (χ1) is 8.36. The summed E-state index contributed by atoms with van der Waals surface area (Å²) < 4.78 is 0. The van der Waals surface area contributed by atoms with Gasteiger partial charge in [-0.2, -0.15) is 0 Å². The molecule has 88 valence electrons. The lowest BCUT2D eigenvalue weighted by Crippen LogP contribution is -2.05. The lowest BCUT2D eigenvalue weighted by molar-refractivity contribution is 0.444. The van der Waals surface area contributed by atoms with E-state index >= 15 is 0 Å². The van der Waals surface area contributed by atoms with E-state index < -0.39 is 0 Å². The van der Waals surface area contributed by atoms with Crippen molar-refractivity contribution < 1.29 is 5.11 Å². The van der Waals surface area contributed by atoms with E-state index in [4.69, 9.17) is 0 Å². The highest BCUT2D eigenvalue weighted by Gasteiger charge is 2.18. The minimum atomic E-state index is 0.292. The summed E-state index contributed by atoms with van der Waals surface area (Å²) in [5, 5.41) is 11.0. The van der Waals surface area contributed by atoms with Crippen molar-refractivity contribution in [3.63, 3.8) is 0 Å². The molecule has 3 rings (SSSR count). The Kier molecular flexibility index (Phi) is 2.71. The van der Waals surface area contributed by atoms with Gasteiger partial charge in [-0.1, -0.05) is 31.4 Å². The fraction of sp³-hybridized carbons (Fsp3) is 0.400. The molecule has 17 heavy (non-hydrogen) atoms. The number of hydrogen-bond acceptors (Lipinski definition) is 2. The van der Waals surface area contributed by atoms with Crippen LogP contribution in [0.15, 0.2) is 30.5 Å². The predicted octanol–water partition coefficient (Wildman–Crippen LogP) is 3.99. The van der Waals surface area contributed by atoms with Crippen molar-refractivity contribution in [1.82, 2.24) is 4.98 Å². The molecule has 0 unspecified atom stereocenters. The minimum Gasteiger partial charge on any atom is -0.506 e. The van der Waals surface area contributed by atoms with Crippen LogP contribution in [0.3, 0.4) is 0 Å². The van der Waals surface area contributed by atoms with Gasteiger partial charge in [0.1, 0.15) is 11.3 Å². The molecule has 2 heteroatoms. The standard InChI is InChI=1S/C15H17NO/c17-14-9-8-12(11-5-2-1-3-6-11)13-7-4-10-16-15(13)14/h4,7-11,17H,1-3,5-6H2. The topological polar surface area (TPSA) is 33.1 Å². The summed E-state index contributed by atoms with van der Waals surface area (Å²) in [6.07, 6.45) is 8.31. The predicted molar refractivity (Wildman–Crippen MR) is 69.2 cm³/mol. The van der Waals surface area contributed by atoms with Crippen LogP contribution in [0.1, 0.15) is 43.6 Å². The van der Waals surface area contributed by atoms with E-state index in [1.54, 1.807) is 12.3 Å². The maximum atomic E-state index is 9.83. The zero-order valence-electron chi connectivity index (χ0n) is 9.89. The Balaban J connectivity index is 2.12. The molecule has 1 fully saturated rings. The molecule has 2 nitrogen and oxygen atoms in total. The Morgan fingerprint density at radius 2 is 1.88 bits per heavy atom. The second-order valence-corrected chi connectivity index (χ2v) is 4.91. The van der Waals surface area contributed by atoms with E-state index in [9.17, 15) is 5.11 Å². The normalized spacial score (nSPS) is 17.4. The van der Waals surface area contributed by atoms with Crippen LogP contribution in [0, 0.1) is 0 Å². The molecule has 0 radical (unpaired) electrons. The summed E-state index contributed by atoms with van der Waals surface area (Å²) in [6.45, 7) is 0. The molecule has 0 amide bonds. The van der Waals surface area contributed by atoms with Crippen LogP contribution < -0.4 is 0 Å². The molecule has 0 aliphatic heterocycles.